The molecule has 0 aromatic rings. The monoisotopic (exact) mass is 87.1 g/mol. The van der Waals surface area contributed by atoms with Gasteiger partial charge in [0.1, 0.15) is 0 Å². The van der Waals surface area contributed by atoms with Crippen molar-refractivity contribution in [2.45, 2.75) is 25.3 Å². The fourth-order valence-electron chi connectivity index (χ4n) is 0.299. The smallest absolute Gasteiger partial charge is 0.0403 e. The first kappa shape index (κ1) is 4.09. The number of rotatable bonds is 1. The maximum absolute atomic E-state index is 8.22. The Morgan fingerprint density at radius 1 is 1.67 bits per heavy atom. The molecule has 1 aliphatic carbocycles. The predicted molar refractivity (Wildman–Crippen MR) is 22.6 cm³/mol. The van der Waals surface area contributed by atoms with Crippen molar-refractivity contribution in [3.8, 4) is 0 Å². The first-order valence-electron chi connectivity index (χ1n) is 2.18. The summed E-state index contributed by atoms with van der Waals surface area (Å²) in [7, 11) is 0. The Balaban J connectivity index is 2.28. The van der Waals surface area contributed by atoms with Crippen molar-refractivity contribution in [2.75, 3.05) is 0 Å². The molecule has 0 atom stereocenters. The molecule has 2 N–H and O–H groups in total. The highest BCUT2D eigenvalue weighted by Gasteiger charge is 2.36. The third-order valence-corrected chi connectivity index (χ3v) is 1.27. The summed E-state index contributed by atoms with van der Waals surface area (Å²) in [6.07, 6.45) is 2.23. The fraction of sp³-hybridized carbons (Fsp3) is 1.00. The van der Waals surface area contributed by atoms with Gasteiger partial charge in [-0.15, -0.1) is 0 Å². The van der Waals surface area contributed by atoms with E-state index in [1.807, 2.05) is 6.92 Å². The van der Waals surface area contributed by atoms with Gasteiger partial charge >= 0.3 is 0 Å². The normalized spacial score (nSPS) is 27.0. The summed E-state index contributed by atoms with van der Waals surface area (Å²) in [5.74, 6) is 0. The summed E-state index contributed by atoms with van der Waals surface area (Å²) in [5.41, 5.74) is 2.31. The topological polar surface area (TPSA) is 32.3 Å². The van der Waals surface area contributed by atoms with Gasteiger partial charge in [-0.2, -0.15) is 5.48 Å². The maximum Gasteiger partial charge on any atom is 0.0403 e. The van der Waals surface area contributed by atoms with Gasteiger partial charge in [0, 0.05) is 5.54 Å². The van der Waals surface area contributed by atoms with E-state index in [4.69, 9.17) is 5.21 Å². The molecule has 2 nitrogen and oxygen atoms in total. The van der Waals surface area contributed by atoms with E-state index in [1.54, 1.807) is 0 Å². The molecular weight excluding hydrogens is 78.0 g/mol. The van der Waals surface area contributed by atoms with E-state index in [9.17, 15) is 0 Å². The summed E-state index contributed by atoms with van der Waals surface area (Å²) < 4.78 is 0. The van der Waals surface area contributed by atoms with E-state index < -0.39 is 0 Å². The molecule has 0 heterocycles. The van der Waals surface area contributed by atoms with E-state index >= 15 is 0 Å². The van der Waals surface area contributed by atoms with E-state index in [0.717, 1.165) is 12.8 Å². The van der Waals surface area contributed by atoms with E-state index in [1.165, 1.54) is 0 Å². The third-order valence-electron chi connectivity index (χ3n) is 1.27. The predicted octanol–water partition coefficient (Wildman–Crippen LogP) is 0.518. The zero-order valence-corrected chi connectivity index (χ0v) is 3.86. The molecule has 0 saturated heterocycles. The summed E-state index contributed by atoms with van der Waals surface area (Å²) >= 11 is 0. The minimum absolute atomic E-state index is 0.0972. The van der Waals surface area contributed by atoms with Gasteiger partial charge in [-0.25, -0.2) is 0 Å². The second kappa shape index (κ2) is 0.950. The van der Waals surface area contributed by atoms with Crippen LogP contribution in [0.4, 0.5) is 0 Å². The van der Waals surface area contributed by atoms with Crippen LogP contribution in [-0.2, 0) is 0 Å². The van der Waals surface area contributed by atoms with Crippen molar-refractivity contribution < 1.29 is 5.21 Å². The van der Waals surface area contributed by atoms with Crippen LogP contribution < -0.4 is 5.48 Å². The number of hydrogen-bond donors (Lipinski definition) is 2. The lowest BCUT2D eigenvalue weighted by Crippen LogP contribution is -2.22. The van der Waals surface area contributed by atoms with Crippen molar-refractivity contribution in [1.29, 1.82) is 0 Å². The quantitative estimate of drug-likeness (QED) is 0.457. The molecule has 0 spiro atoms. The minimum atomic E-state index is 0.0972. The van der Waals surface area contributed by atoms with Gasteiger partial charge in [0.2, 0.25) is 0 Å². The lowest BCUT2D eigenvalue weighted by atomic mass is 10.4. The standard InChI is InChI=1S/C4H9NO/c1-4(5-6)2-3-4/h5-6H,2-3H2,1H3. The van der Waals surface area contributed by atoms with Crippen molar-refractivity contribution >= 4 is 0 Å². The Morgan fingerprint density at radius 3 is 2.17 bits per heavy atom. The molecule has 1 aliphatic rings. The first-order chi connectivity index (χ1) is 2.77. The maximum atomic E-state index is 8.22. The zero-order chi connectivity index (χ0) is 4.62. The largest absolute Gasteiger partial charge is 0.316 e. The molecule has 0 aromatic carbocycles. The lowest BCUT2D eigenvalue weighted by molar-refractivity contribution is 0.122. The van der Waals surface area contributed by atoms with Gasteiger partial charge in [0.25, 0.3) is 0 Å². The van der Waals surface area contributed by atoms with Gasteiger partial charge in [0.05, 0.1) is 0 Å². The van der Waals surface area contributed by atoms with E-state index in [0.29, 0.717) is 0 Å². The molecular formula is C4H9NO. The van der Waals surface area contributed by atoms with Crippen LogP contribution in [0.25, 0.3) is 0 Å². The highest BCUT2D eigenvalue weighted by molar-refractivity contribution is 4.94. The second-order valence-corrected chi connectivity index (χ2v) is 2.17. The minimum Gasteiger partial charge on any atom is -0.316 e. The Morgan fingerprint density at radius 2 is 2.17 bits per heavy atom. The van der Waals surface area contributed by atoms with Crippen LogP contribution >= 0.6 is 0 Å². The molecule has 0 unspecified atom stereocenters. The fourth-order valence-corrected chi connectivity index (χ4v) is 0.299. The molecule has 0 aliphatic heterocycles. The molecule has 6 heavy (non-hydrogen) atoms. The average molecular weight is 87.1 g/mol. The molecule has 0 radical (unpaired) electrons. The van der Waals surface area contributed by atoms with Crippen molar-refractivity contribution in [2.24, 2.45) is 0 Å². The number of hydroxylamine groups is 1. The Hall–Kier alpha value is -0.0800. The van der Waals surface area contributed by atoms with Crippen LogP contribution in [0.15, 0.2) is 0 Å². The second-order valence-electron chi connectivity index (χ2n) is 2.17. The SMILES string of the molecule is CC1(NO)CC1. The highest BCUT2D eigenvalue weighted by Crippen LogP contribution is 2.33. The molecule has 1 saturated carbocycles. The summed E-state index contributed by atoms with van der Waals surface area (Å²) in [5, 5.41) is 8.22. The molecule has 2 heteroatoms. The zero-order valence-electron chi connectivity index (χ0n) is 3.86. The van der Waals surface area contributed by atoms with Crippen LogP contribution in [0.2, 0.25) is 0 Å². The molecule has 1 rings (SSSR count). The van der Waals surface area contributed by atoms with E-state index in [-0.39, 0.29) is 5.54 Å². The molecule has 36 valence electrons. The van der Waals surface area contributed by atoms with Crippen LogP contribution in [0.5, 0.6) is 0 Å². The average Bonchev–Trinajstić information content (AvgIpc) is 2.22. The summed E-state index contributed by atoms with van der Waals surface area (Å²) in [4.78, 5) is 0. The van der Waals surface area contributed by atoms with Gasteiger partial charge < -0.3 is 5.21 Å². The van der Waals surface area contributed by atoms with Gasteiger partial charge in [-0.1, -0.05) is 0 Å². The van der Waals surface area contributed by atoms with Crippen LogP contribution in [0.1, 0.15) is 19.8 Å². The van der Waals surface area contributed by atoms with Crippen LogP contribution in [0.3, 0.4) is 0 Å². The summed E-state index contributed by atoms with van der Waals surface area (Å²) in [6, 6.07) is 0. The van der Waals surface area contributed by atoms with Crippen molar-refractivity contribution in [1.82, 2.24) is 5.48 Å². The molecule has 0 aromatic heterocycles. The Labute approximate surface area is 37.1 Å². The van der Waals surface area contributed by atoms with Gasteiger partial charge in [-0.05, 0) is 19.8 Å². The number of hydrogen-bond acceptors (Lipinski definition) is 2. The van der Waals surface area contributed by atoms with Gasteiger partial charge in [-0.3, -0.25) is 0 Å². The lowest BCUT2D eigenvalue weighted by Gasteiger charge is -1.99. The summed E-state index contributed by atoms with van der Waals surface area (Å²) in [6.45, 7) is 1.99. The number of nitrogens with one attached hydrogen (secondary N) is 1. The van der Waals surface area contributed by atoms with Crippen LogP contribution in [-0.4, -0.2) is 10.7 Å². The van der Waals surface area contributed by atoms with E-state index in [2.05, 4.69) is 5.48 Å². The van der Waals surface area contributed by atoms with Crippen molar-refractivity contribution in [3.05, 3.63) is 0 Å². The Bertz CT molecular complexity index is 58.6. The van der Waals surface area contributed by atoms with Gasteiger partial charge in [0.15, 0.2) is 0 Å². The molecule has 0 bridgehead atoms. The molecule has 0 amide bonds. The highest BCUT2D eigenvalue weighted by atomic mass is 16.5. The first-order valence-corrected chi connectivity index (χ1v) is 2.18. The Kier molecular flexibility index (Phi) is 0.648. The molecule has 1 fully saturated rings. The third kappa shape index (κ3) is 0.533. The van der Waals surface area contributed by atoms with Crippen LogP contribution in [0, 0.1) is 0 Å². The van der Waals surface area contributed by atoms with Crippen molar-refractivity contribution in [3.63, 3.8) is 0 Å².